The molecule has 0 spiro atoms. The van der Waals surface area contributed by atoms with E-state index in [-0.39, 0.29) is 22.0 Å². The van der Waals surface area contributed by atoms with E-state index in [1.807, 2.05) is 0 Å². The Bertz CT molecular complexity index is 447. The summed E-state index contributed by atoms with van der Waals surface area (Å²) in [6.45, 7) is 0. The third-order valence-electron chi connectivity index (χ3n) is 1.93. The fraction of sp³-hybridized carbons (Fsp3) is 0.222. The second kappa shape index (κ2) is 4.80. The number of ether oxygens (including phenoxy) is 1. The number of carbonyl (C=O) groups excluding carboxylic acids is 1. The molecule has 16 heavy (non-hydrogen) atoms. The molecule has 1 aromatic rings. The molecule has 0 unspecified atom stereocenters. The van der Waals surface area contributed by atoms with E-state index in [4.69, 9.17) is 16.3 Å². The van der Waals surface area contributed by atoms with Crippen molar-refractivity contribution in [2.24, 2.45) is 0 Å². The van der Waals surface area contributed by atoms with Crippen LogP contribution in [0.2, 0.25) is 5.02 Å². The van der Waals surface area contributed by atoms with Crippen molar-refractivity contribution in [3.8, 4) is 5.75 Å². The molecule has 6 nitrogen and oxygen atoms in total. The van der Waals surface area contributed by atoms with E-state index >= 15 is 0 Å². The lowest BCUT2D eigenvalue weighted by molar-refractivity contribution is -0.384. The van der Waals surface area contributed by atoms with Crippen LogP contribution in [0.5, 0.6) is 5.75 Å². The Morgan fingerprint density at radius 1 is 1.56 bits per heavy atom. The molecule has 1 rings (SSSR count). The molecule has 0 saturated heterocycles. The third-order valence-corrected chi connectivity index (χ3v) is 2.31. The number of halogens is 1. The van der Waals surface area contributed by atoms with Crippen LogP contribution in [-0.4, -0.2) is 25.0 Å². The summed E-state index contributed by atoms with van der Waals surface area (Å²) in [4.78, 5) is 21.4. The maximum atomic E-state index is 11.3. The summed E-state index contributed by atoms with van der Waals surface area (Å²) in [6.07, 6.45) is 0. The first-order chi connectivity index (χ1) is 7.51. The van der Waals surface area contributed by atoms with E-state index in [0.29, 0.717) is 0 Å². The van der Waals surface area contributed by atoms with Crippen LogP contribution < -0.4 is 10.1 Å². The summed E-state index contributed by atoms with van der Waals surface area (Å²) in [7, 11) is 2.74. The Morgan fingerprint density at radius 3 is 2.62 bits per heavy atom. The molecular formula is C9H9ClN2O4. The fourth-order valence-corrected chi connectivity index (χ4v) is 1.40. The third kappa shape index (κ3) is 2.22. The van der Waals surface area contributed by atoms with Crippen LogP contribution in [0.1, 0.15) is 10.4 Å². The van der Waals surface area contributed by atoms with E-state index < -0.39 is 10.8 Å². The van der Waals surface area contributed by atoms with Crippen molar-refractivity contribution in [3.05, 3.63) is 32.8 Å². The van der Waals surface area contributed by atoms with Gasteiger partial charge in [0, 0.05) is 18.7 Å². The molecule has 0 heterocycles. The number of nitro benzene ring substituents is 1. The highest BCUT2D eigenvalue weighted by Crippen LogP contribution is 2.34. The van der Waals surface area contributed by atoms with E-state index in [1.54, 1.807) is 0 Å². The van der Waals surface area contributed by atoms with Crippen LogP contribution >= 0.6 is 11.6 Å². The maximum absolute atomic E-state index is 11.3. The zero-order valence-corrected chi connectivity index (χ0v) is 9.37. The monoisotopic (exact) mass is 244 g/mol. The zero-order chi connectivity index (χ0) is 12.3. The van der Waals surface area contributed by atoms with Gasteiger partial charge >= 0.3 is 0 Å². The van der Waals surface area contributed by atoms with Crippen molar-refractivity contribution < 1.29 is 14.5 Å². The lowest BCUT2D eigenvalue weighted by atomic mass is 10.1. The minimum absolute atomic E-state index is 0.0921. The molecule has 0 atom stereocenters. The number of rotatable bonds is 3. The van der Waals surface area contributed by atoms with Crippen molar-refractivity contribution in [3.63, 3.8) is 0 Å². The molecule has 7 heteroatoms. The number of carbonyl (C=O) groups is 1. The van der Waals surface area contributed by atoms with Gasteiger partial charge in [0.25, 0.3) is 11.6 Å². The summed E-state index contributed by atoms with van der Waals surface area (Å²) in [5, 5.41) is 12.9. The predicted molar refractivity (Wildman–Crippen MR) is 58.0 cm³/mol. The van der Waals surface area contributed by atoms with Crippen LogP contribution in [0.15, 0.2) is 12.1 Å². The van der Waals surface area contributed by atoms with Crippen molar-refractivity contribution in [2.75, 3.05) is 14.2 Å². The van der Waals surface area contributed by atoms with Gasteiger partial charge in [-0.1, -0.05) is 11.6 Å². The van der Waals surface area contributed by atoms with Crippen molar-refractivity contribution in [1.82, 2.24) is 5.32 Å². The van der Waals surface area contributed by atoms with Crippen LogP contribution in [-0.2, 0) is 0 Å². The van der Waals surface area contributed by atoms with Gasteiger partial charge in [0.15, 0.2) is 5.02 Å². The second-order valence-electron chi connectivity index (χ2n) is 2.85. The first-order valence-electron chi connectivity index (χ1n) is 4.25. The summed E-state index contributed by atoms with van der Waals surface area (Å²) in [5.74, 6) is -0.354. The average Bonchev–Trinajstić information content (AvgIpc) is 2.27. The smallest absolute Gasteiger partial charge is 0.292 e. The van der Waals surface area contributed by atoms with Gasteiger partial charge in [-0.3, -0.25) is 14.9 Å². The van der Waals surface area contributed by atoms with E-state index in [2.05, 4.69) is 5.32 Å². The Balaban J connectivity index is 3.40. The molecule has 0 aliphatic carbocycles. The topological polar surface area (TPSA) is 81.5 Å². The first kappa shape index (κ1) is 12.3. The van der Waals surface area contributed by atoms with Gasteiger partial charge in [-0.25, -0.2) is 0 Å². The molecule has 0 fully saturated rings. The number of nitrogens with zero attached hydrogens (tertiary/aromatic N) is 1. The Kier molecular flexibility index (Phi) is 3.68. The number of nitro groups is 1. The first-order valence-corrected chi connectivity index (χ1v) is 4.63. The highest BCUT2D eigenvalue weighted by Gasteiger charge is 2.20. The number of hydrogen-bond acceptors (Lipinski definition) is 4. The number of amides is 1. The Morgan fingerprint density at radius 2 is 2.19 bits per heavy atom. The maximum Gasteiger partial charge on any atom is 0.292 e. The molecular weight excluding hydrogens is 236 g/mol. The number of methoxy groups -OCH3 is 1. The number of benzene rings is 1. The lowest BCUT2D eigenvalue weighted by Gasteiger charge is -2.06. The fourth-order valence-electron chi connectivity index (χ4n) is 1.14. The lowest BCUT2D eigenvalue weighted by Crippen LogP contribution is -2.18. The largest absolute Gasteiger partial charge is 0.495 e. The molecule has 86 valence electrons. The summed E-state index contributed by atoms with van der Waals surface area (Å²) in [6, 6.07) is 2.44. The Hall–Kier alpha value is -1.82. The molecule has 0 bridgehead atoms. The van der Waals surface area contributed by atoms with Crippen LogP contribution in [0.3, 0.4) is 0 Å². The molecule has 1 aromatic carbocycles. The second-order valence-corrected chi connectivity index (χ2v) is 3.23. The van der Waals surface area contributed by atoms with Crippen LogP contribution in [0, 0.1) is 10.1 Å². The van der Waals surface area contributed by atoms with Gasteiger partial charge < -0.3 is 10.1 Å². The average molecular weight is 245 g/mol. The van der Waals surface area contributed by atoms with Crippen molar-refractivity contribution >= 4 is 23.2 Å². The molecule has 0 aromatic heterocycles. The van der Waals surface area contributed by atoms with Gasteiger partial charge in [-0.05, 0) is 6.07 Å². The van der Waals surface area contributed by atoms with Crippen LogP contribution in [0.4, 0.5) is 5.69 Å². The van der Waals surface area contributed by atoms with Gasteiger partial charge in [0.1, 0.15) is 5.75 Å². The minimum atomic E-state index is -0.669. The normalized spacial score (nSPS) is 9.69. The predicted octanol–water partition coefficient (Wildman–Crippen LogP) is 1.62. The summed E-state index contributed by atoms with van der Waals surface area (Å²) >= 11 is 5.73. The number of nitrogens with one attached hydrogen (secondary N) is 1. The van der Waals surface area contributed by atoms with Gasteiger partial charge in [-0.2, -0.15) is 0 Å². The summed E-state index contributed by atoms with van der Waals surface area (Å²) in [5.41, 5.74) is -0.241. The molecule has 1 amide bonds. The highest BCUT2D eigenvalue weighted by molar-refractivity contribution is 6.34. The van der Waals surface area contributed by atoms with Crippen molar-refractivity contribution in [2.45, 2.75) is 0 Å². The van der Waals surface area contributed by atoms with Gasteiger partial charge in [0.05, 0.1) is 12.0 Å². The molecule has 0 radical (unpaired) electrons. The quantitative estimate of drug-likeness (QED) is 0.647. The SMILES string of the molecule is CNC(=O)c1cc(OC)c(Cl)c([N+](=O)[O-])c1. The standard InChI is InChI=1S/C9H9ClN2O4/c1-11-9(13)5-3-6(12(14)15)8(10)7(4-5)16-2/h3-4H,1-2H3,(H,11,13). The molecule has 1 N–H and O–H groups in total. The Labute approximate surface area is 96.3 Å². The summed E-state index contributed by atoms with van der Waals surface area (Å²) < 4.78 is 4.85. The van der Waals surface area contributed by atoms with E-state index in [9.17, 15) is 14.9 Å². The van der Waals surface area contributed by atoms with Gasteiger partial charge in [-0.15, -0.1) is 0 Å². The van der Waals surface area contributed by atoms with E-state index in [0.717, 1.165) is 6.07 Å². The number of hydrogen-bond donors (Lipinski definition) is 1. The highest BCUT2D eigenvalue weighted by atomic mass is 35.5. The molecule has 0 aliphatic rings. The van der Waals surface area contributed by atoms with Gasteiger partial charge in [0.2, 0.25) is 0 Å². The minimum Gasteiger partial charge on any atom is -0.495 e. The molecule has 0 aliphatic heterocycles. The van der Waals surface area contributed by atoms with Crippen LogP contribution in [0.25, 0.3) is 0 Å². The van der Waals surface area contributed by atoms with Crippen molar-refractivity contribution in [1.29, 1.82) is 0 Å². The van der Waals surface area contributed by atoms with E-state index in [1.165, 1.54) is 20.2 Å². The zero-order valence-electron chi connectivity index (χ0n) is 8.61. The molecule has 0 saturated carbocycles.